The molecule has 0 bridgehead atoms. The van der Waals surface area contributed by atoms with Crippen LogP contribution in [0.25, 0.3) is 0 Å². The summed E-state index contributed by atoms with van der Waals surface area (Å²) in [4.78, 5) is 26.9. The normalized spacial score (nSPS) is 18.4. The van der Waals surface area contributed by atoms with Crippen LogP contribution in [0.3, 0.4) is 0 Å². The van der Waals surface area contributed by atoms with Gasteiger partial charge in [0, 0.05) is 13.0 Å². The van der Waals surface area contributed by atoms with Crippen molar-refractivity contribution in [3.63, 3.8) is 0 Å². The molecule has 1 heterocycles. The topological polar surface area (TPSA) is 88.0 Å². The zero-order chi connectivity index (χ0) is 12.7. The van der Waals surface area contributed by atoms with Crippen LogP contribution in [0, 0.1) is 0 Å². The number of aliphatic carboxylic acids is 1. The number of carbonyl (C=O) groups excluding carboxylic acids is 1. The minimum Gasteiger partial charge on any atom is -0.477 e. The minimum atomic E-state index is -1.14. The van der Waals surface area contributed by atoms with Crippen LogP contribution in [0.1, 0.15) is 39.0 Å². The van der Waals surface area contributed by atoms with E-state index in [1.807, 2.05) is 0 Å². The Kier molecular flexibility index (Phi) is 5.45. The molecule has 0 spiro atoms. The van der Waals surface area contributed by atoms with E-state index < -0.39 is 12.1 Å². The molecule has 0 aromatic carbocycles. The lowest BCUT2D eigenvalue weighted by molar-refractivity contribution is -0.131. The van der Waals surface area contributed by atoms with Crippen molar-refractivity contribution >= 4 is 17.6 Å². The van der Waals surface area contributed by atoms with E-state index in [9.17, 15) is 9.59 Å². The van der Waals surface area contributed by atoms with Gasteiger partial charge in [-0.15, -0.1) is 0 Å². The number of carboxylic acid groups (broad SMARTS) is 1. The summed E-state index contributed by atoms with van der Waals surface area (Å²) >= 11 is 0. The quantitative estimate of drug-likeness (QED) is 0.649. The lowest BCUT2D eigenvalue weighted by Gasteiger charge is -2.08. The third-order valence-corrected chi connectivity index (χ3v) is 2.54. The highest BCUT2D eigenvalue weighted by Gasteiger charge is 2.31. The number of oxime groups is 1. The van der Waals surface area contributed by atoms with Gasteiger partial charge in [-0.25, -0.2) is 4.79 Å². The van der Waals surface area contributed by atoms with E-state index in [4.69, 9.17) is 9.94 Å². The average molecular weight is 242 g/mol. The second-order valence-electron chi connectivity index (χ2n) is 3.99. The van der Waals surface area contributed by atoms with Gasteiger partial charge in [-0.3, -0.25) is 4.79 Å². The van der Waals surface area contributed by atoms with E-state index in [2.05, 4.69) is 17.4 Å². The standard InChI is InChI=1S/C11H18N2O4/c1-2-3-4-5-6-12-10(14)9-7-8(11(15)16)13-17-9/h9H,2-7H2,1H3,(H,12,14)(H,15,16). The molecule has 0 saturated carbocycles. The second-order valence-corrected chi connectivity index (χ2v) is 3.99. The molecule has 1 aliphatic rings. The number of amides is 1. The van der Waals surface area contributed by atoms with E-state index in [1.54, 1.807) is 0 Å². The van der Waals surface area contributed by atoms with Crippen LogP contribution in [0.2, 0.25) is 0 Å². The highest BCUT2D eigenvalue weighted by molar-refractivity contribution is 6.36. The van der Waals surface area contributed by atoms with Crippen molar-refractivity contribution in [2.45, 2.75) is 45.1 Å². The fourth-order valence-corrected chi connectivity index (χ4v) is 1.52. The zero-order valence-electron chi connectivity index (χ0n) is 9.94. The number of rotatable bonds is 7. The highest BCUT2D eigenvalue weighted by atomic mass is 16.6. The number of nitrogens with one attached hydrogen (secondary N) is 1. The second kappa shape index (κ2) is 6.88. The Morgan fingerprint density at radius 2 is 2.24 bits per heavy atom. The molecule has 1 atom stereocenters. The number of hydrogen-bond donors (Lipinski definition) is 2. The number of unbranched alkanes of at least 4 members (excludes halogenated alkanes) is 3. The van der Waals surface area contributed by atoms with Crippen LogP contribution in [0.15, 0.2) is 5.16 Å². The molecule has 96 valence electrons. The van der Waals surface area contributed by atoms with E-state index in [-0.39, 0.29) is 18.0 Å². The Hall–Kier alpha value is -1.59. The molecule has 0 aliphatic carbocycles. The minimum absolute atomic E-state index is 0.0378. The van der Waals surface area contributed by atoms with E-state index in [0.29, 0.717) is 6.54 Å². The first-order valence-corrected chi connectivity index (χ1v) is 5.88. The average Bonchev–Trinajstić information content (AvgIpc) is 2.78. The summed E-state index contributed by atoms with van der Waals surface area (Å²) in [6.07, 6.45) is 3.57. The predicted octanol–water partition coefficient (Wildman–Crippen LogP) is 0.912. The summed E-state index contributed by atoms with van der Waals surface area (Å²) < 4.78 is 0. The van der Waals surface area contributed by atoms with Crippen molar-refractivity contribution in [1.29, 1.82) is 0 Å². The van der Waals surface area contributed by atoms with Crippen molar-refractivity contribution in [1.82, 2.24) is 5.32 Å². The number of carbonyl (C=O) groups is 2. The van der Waals surface area contributed by atoms with Crippen molar-refractivity contribution < 1.29 is 19.5 Å². The van der Waals surface area contributed by atoms with Gasteiger partial charge in [0.1, 0.15) is 0 Å². The number of carboxylic acids is 1. The van der Waals surface area contributed by atoms with Crippen molar-refractivity contribution in [2.24, 2.45) is 5.16 Å². The van der Waals surface area contributed by atoms with Gasteiger partial charge < -0.3 is 15.3 Å². The van der Waals surface area contributed by atoms with Gasteiger partial charge >= 0.3 is 5.97 Å². The van der Waals surface area contributed by atoms with Crippen LogP contribution in [0.5, 0.6) is 0 Å². The number of nitrogens with zero attached hydrogens (tertiary/aromatic N) is 1. The Bertz CT molecular complexity index is 315. The molecule has 2 N–H and O–H groups in total. The Morgan fingerprint density at radius 1 is 1.47 bits per heavy atom. The fourth-order valence-electron chi connectivity index (χ4n) is 1.52. The monoisotopic (exact) mass is 242 g/mol. The smallest absolute Gasteiger partial charge is 0.353 e. The van der Waals surface area contributed by atoms with Gasteiger partial charge in [0.2, 0.25) is 6.10 Å². The molecule has 17 heavy (non-hydrogen) atoms. The summed E-state index contributed by atoms with van der Waals surface area (Å²) in [6, 6.07) is 0. The van der Waals surface area contributed by atoms with Crippen LogP contribution in [0.4, 0.5) is 0 Å². The van der Waals surface area contributed by atoms with Gasteiger partial charge in [-0.1, -0.05) is 31.3 Å². The van der Waals surface area contributed by atoms with Crippen LogP contribution < -0.4 is 5.32 Å². The predicted molar refractivity (Wildman–Crippen MR) is 61.7 cm³/mol. The molecule has 6 heteroatoms. The fraction of sp³-hybridized carbons (Fsp3) is 0.727. The van der Waals surface area contributed by atoms with Crippen LogP contribution in [-0.4, -0.2) is 35.3 Å². The molecule has 1 aliphatic heterocycles. The molecular weight excluding hydrogens is 224 g/mol. The first-order chi connectivity index (χ1) is 8.15. The lowest BCUT2D eigenvalue weighted by atomic mass is 10.1. The van der Waals surface area contributed by atoms with E-state index in [0.717, 1.165) is 25.7 Å². The largest absolute Gasteiger partial charge is 0.477 e. The third-order valence-electron chi connectivity index (χ3n) is 2.54. The summed E-state index contributed by atoms with van der Waals surface area (Å²) in [5, 5.41) is 14.7. The van der Waals surface area contributed by atoms with Crippen molar-refractivity contribution in [3.05, 3.63) is 0 Å². The first-order valence-electron chi connectivity index (χ1n) is 5.88. The molecule has 0 aromatic heterocycles. The van der Waals surface area contributed by atoms with Gasteiger partial charge in [0.25, 0.3) is 5.91 Å². The molecule has 0 fully saturated rings. The summed E-state index contributed by atoms with van der Waals surface area (Å²) in [6.45, 7) is 2.72. The maximum absolute atomic E-state index is 11.5. The molecule has 0 saturated heterocycles. The zero-order valence-corrected chi connectivity index (χ0v) is 9.94. The molecule has 0 aromatic rings. The van der Waals surface area contributed by atoms with Gasteiger partial charge in [-0.2, -0.15) is 0 Å². The first kappa shape index (κ1) is 13.5. The summed E-state index contributed by atoms with van der Waals surface area (Å²) in [5.41, 5.74) is -0.101. The van der Waals surface area contributed by atoms with Crippen LogP contribution >= 0.6 is 0 Å². The van der Waals surface area contributed by atoms with Crippen LogP contribution in [-0.2, 0) is 14.4 Å². The summed E-state index contributed by atoms with van der Waals surface area (Å²) in [7, 11) is 0. The molecule has 0 radical (unpaired) electrons. The van der Waals surface area contributed by atoms with Gasteiger partial charge in [0.05, 0.1) is 0 Å². The lowest BCUT2D eigenvalue weighted by Crippen LogP contribution is -2.35. The maximum Gasteiger partial charge on any atom is 0.353 e. The van der Waals surface area contributed by atoms with E-state index >= 15 is 0 Å². The third kappa shape index (κ3) is 4.42. The maximum atomic E-state index is 11.5. The molecule has 1 unspecified atom stereocenters. The SMILES string of the molecule is CCCCCCNC(=O)C1CC(C(=O)O)=NO1. The molecule has 1 amide bonds. The summed E-state index contributed by atoms with van der Waals surface area (Å²) in [5.74, 6) is -1.43. The molecular formula is C11H18N2O4. The Balaban J connectivity index is 2.16. The van der Waals surface area contributed by atoms with Gasteiger partial charge in [0.15, 0.2) is 5.71 Å². The number of hydrogen-bond acceptors (Lipinski definition) is 4. The Morgan fingerprint density at radius 3 is 2.82 bits per heavy atom. The highest BCUT2D eigenvalue weighted by Crippen LogP contribution is 2.10. The van der Waals surface area contributed by atoms with E-state index in [1.165, 1.54) is 0 Å². The van der Waals surface area contributed by atoms with Crippen molar-refractivity contribution in [3.8, 4) is 0 Å². The molecule has 1 rings (SSSR count). The van der Waals surface area contributed by atoms with Crippen molar-refractivity contribution in [2.75, 3.05) is 6.54 Å². The van der Waals surface area contributed by atoms with Gasteiger partial charge in [-0.05, 0) is 6.42 Å². The molecule has 6 nitrogen and oxygen atoms in total. The Labute approximate surface area is 100 Å².